The smallest absolute Gasteiger partial charge is 0.323 e. The van der Waals surface area contributed by atoms with Crippen LogP contribution in [0.5, 0.6) is 11.5 Å². The molecule has 4 aliphatic heterocycles. The third kappa shape index (κ3) is 8.58. The zero-order chi connectivity index (χ0) is 47.9. The summed E-state index contributed by atoms with van der Waals surface area (Å²) in [5, 5.41) is 28.6. The molecule has 0 spiro atoms. The lowest BCUT2D eigenvalue weighted by molar-refractivity contribution is -0.137. The average Bonchev–Trinajstić information content (AvgIpc) is 4.20. The number of aromatic nitrogens is 8. The lowest BCUT2D eigenvalue weighted by Gasteiger charge is -2.36. The van der Waals surface area contributed by atoms with Gasteiger partial charge in [-0.15, -0.1) is 0 Å². The molecule has 20 heteroatoms. The van der Waals surface area contributed by atoms with Gasteiger partial charge in [-0.1, -0.05) is 36.4 Å². The molecule has 8 heterocycles. The van der Waals surface area contributed by atoms with Gasteiger partial charge in [-0.2, -0.15) is 19.9 Å². The van der Waals surface area contributed by atoms with E-state index in [0.29, 0.717) is 40.0 Å². The molecule has 0 unspecified atom stereocenters. The number of benzene rings is 4. The summed E-state index contributed by atoms with van der Waals surface area (Å²) in [5.74, 6) is 1.78. The Morgan fingerprint density at radius 3 is 1.31 bits per heavy atom. The first-order valence-corrected chi connectivity index (χ1v) is 23.4. The first kappa shape index (κ1) is 43.9. The first-order valence-electron chi connectivity index (χ1n) is 23.4. The molecular weight excluding hydrogens is 891 g/mol. The monoisotopic (exact) mass is 941 g/mol. The summed E-state index contributed by atoms with van der Waals surface area (Å²) in [6, 6.07) is 31.1. The lowest BCUT2D eigenvalue weighted by Crippen LogP contribution is -2.47. The number of imidazole rings is 2. The highest BCUT2D eigenvalue weighted by Gasteiger charge is 2.30. The van der Waals surface area contributed by atoms with Gasteiger partial charge in [0.25, 0.3) is 0 Å². The topological polar surface area (TPSA) is 227 Å². The second-order valence-electron chi connectivity index (χ2n) is 17.7. The molecule has 8 aromatic rings. The van der Waals surface area contributed by atoms with Crippen LogP contribution in [-0.4, -0.2) is 132 Å². The van der Waals surface area contributed by atoms with Gasteiger partial charge in [0.05, 0.1) is 12.7 Å². The standard InChI is InChI=1S/C25H26N8O2.C25H25N7O3/c26-21(35)15-32-16-27-22-23(32)28-25(29-24(22)33-10-9-17-3-1-2-4-20(17)33)31-13-11-30(12-14-31)18-5-7-19(34)8-6-18;33-19-7-5-18(6-8-19)29-11-13-30(14-12-29)25-27-23-22(26-16-31(23)15-21(34)35)24(28-25)32-10-9-17-3-1-2-4-20(17)32/h1-8,16,34H,9-15H2,(H2,26,35);1-8,16,33H,9-15H2,(H,34,35). The van der Waals surface area contributed by atoms with Crippen LogP contribution in [0.1, 0.15) is 11.1 Å². The number of fused-ring (bicyclic) bond motifs is 4. The van der Waals surface area contributed by atoms with Crippen molar-refractivity contribution < 1.29 is 24.9 Å². The average molecular weight is 942 g/mol. The van der Waals surface area contributed by atoms with Crippen molar-refractivity contribution in [3.63, 3.8) is 0 Å². The Hall–Kier alpha value is -8.68. The maximum absolute atomic E-state index is 11.7. The summed E-state index contributed by atoms with van der Waals surface area (Å²) >= 11 is 0. The van der Waals surface area contributed by atoms with E-state index in [0.717, 1.165) is 107 Å². The van der Waals surface area contributed by atoms with Gasteiger partial charge in [-0.3, -0.25) is 9.59 Å². The minimum absolute atomic E-state index is 0.0115. The number of aromatic hydroxyl groups is 2. The molecule has 12 rings (SSSR count). The van der Waals surface area contributed by atoms with Crippen molar-refractivity contribution >= 4 is 80.5 Å². The van der Waals surface area contributed by atoms with Crippen molar-refractivity contribution in [1.29, 1.82) is 0 Å². The minimum Gasteiger partial charge on any atom is -0.508 e. The summed E-state index contributed by atoms with van der Waals surface area (Å²) in [7, 11) is 0. The summed E-state index contributed by atoms with van der Waals surface area (Å²) < 4.78 is 3.27. The number of aliphatic carboxylic acids is 1. The number of phenols is 2. The van der Waals surface area contributed by atoms with E-state index in [1.165, 1.54) is 17.5 Å². The quantitative estimate of drug-likeness (QED) is 0.146. The predicted octanol–water partition coefficient (Wildman–Crippen LogP) is 4.68. The van der Waals surface area contributed by atoms with Gasteiger partial charge < -0.3 is 59.6 Å². The number of nitrogens with two attached hydrogens (primary N) is 1. The van der Waals surface area contributed by atoms with Crippen LogP contribution >= 0.6 is 0 Å². The molecule has 20 nitrogen and oxygen atoms in total. The zero-order valence-corrected chi connectivity index (χ0v) is 38.3. The van der Waals surface area contributed by atoms with E-state index < -0.39 is 11.9 Å². The number of rotatable bonds is 10. The molecule has 1 amide bonds. The third-order valence-corrected chi connectivity index (χ3v) is 13.3. The summed E-state index contributed by atoms with van der Waals surface area (Å²) in [6.45, 7) is 7.47. The lowest BCUT2D eigenvalue weighted by atomic mass is 10.2. The van der Waals surface area contributed by atoms with Gasteiger partial charge >= 0.3 is 5.97 Å². The fourth-order valence-corrected chi connectivity index (χ4v) is 9.81. The number of carbonyl (C=O) groups excluding carboxylic acids is 1. The van der Waals surface area contributed by atoms with Crippen molar-refractivity contribution in [3.05, 3.63) is 121 Å². The fraction of sp³-hybridized carbons (Fsp3) is 0.280. The van der Waals surface area contributed by atoms with Crippen molar-refractivity contribution in [2.45, 2.75) is 25.9 Å². The molecule has 0 radical (unpaired) electrons. The Bertz CT molecular complexity index is 3000. The second-order valence-corrected chi connectivity index (χ2v) is 17.7. The predicted molar refractivity (Wildman–Crippen MR) is 267 cm³/mol. The molecule has 2 fully saturated rings. The van der Waals surface area contributed by atoms with Crippen molar-refractivity contribution in [2.75, 3.05) is 94.8 Å². The van der Waals surface area contributed by atoms with Crippen molar-refractivity contribution in [3.8, 4) is 11.5 Å². The fourth-order valence-electron chi connectivity index (χ4n) is 9.81. The molecule has 0 saturated carbocycles. The van der Waals surface area contributed by atoms with Gasteiger partial charge in [-0.05, 0) is 84.6 Å². The molecule has 5 N–H and O–H groups in total. The number of primary amides is 1. The van der Waals surface area contributed by atoms with E-state index >= 15 is 0 Å². The second kappa shape index (κ2) is 18.4. The molecule has 0 bridgehead atoms. The molecule has 0 atom stereocenters. The first-order chi connectivity index (χ1) is 34.1. The highest BCUT2D eigenvalue weighted by Crippen LogP contribution is 2.39. The largest absolute Gasteiger partial charge is 0.508 e. The number of hydrogen-bond acceptors (Lipinski definition) is 16. The SMILES string of the molecule is NC(=O)Cn1cnc2c(N3CCc4ccccc43)nc(N3CCN(c4ccc(O)cc4)CC3)nc21.O=C(O)Cn1cnc2c(N3CCc4ccccc43)nc(N3CCN(c4ccc(O)cc4)CC3)nc21. The molecule has 4 aromatic carbocycles. The Labute approximate surface area is 402 Å². The molecule has 2 saturated heterocycles. The summed E-state index contributed by atoms with van der Waals surface area (Å²) in [6.07, 6.45) is 5.00. The molecule has 356 valence electrons. The van der Waals surface area contributed by atoms with Gasteiger partial charge in [0.1, 0.15) is 24.6 Å². The number of piperazine rings is 2. The van der Waals surface area contributed by atoms with E-state index in [4.69, 9.17) is 25.7 Å². The van der Waals surface area contributed by atoms with E-state index in [1.807, 2.05) is 42.5 Å². The molecule has 0 aliphatic carbocycles. The Kier molecular flexibility index (Phi) is 11.5. The van der Waals surface area contributed by atoms with E-state index in [1.54, 1.807) is 39.7 Å². The summed E-state index contributed by atoms with van der Waals surface area (Å²) in [5.41, 5.74) is 14.8. The zero-order valence-electron chi connectivity index (χ0n) is 38.3. The van der Waals surface area contributed by atoms with Crippen LogP contribution in [0, 0.1) is 0 Å². The van der Waals surface area contributed by atoms with E-state index in [2.05, 4.69) is 69.7 Å². The van der Waals surface area contributed by atoms with Gasteiger partial charge in [0.2, 0.25) is 17.8 Å². The van der Waals surface area contributed by atoms with E-state index in [9.17, 15) is 24.9 Å². The van der Waals surface area contributed by atoms with Gasteiger partial charge in [-0.25, -0.2) is 9.97 Å². The Morgan fingerprint density at radius 2 is 0.900 bits per heavy atom. The van der Waals surface area contributed by atoms with Crippen LogP contribution in [-0.2, 0) is 35.5 Å². The minimum atomic E-state index is -0.944. The number of phenolic OH excluding ortho intramolecular Hbond substituents is 2. The molecule has 4 aromatic heterocycles. The van der Waals surface area contributed by atoms with Crippen LogP contribution in [0.3, 0.4) is 0 Å². The number of para-hydroxylation sites is 2. The number of carbonyl (C=O) groups is 2. The maximum atomic E-state index is 11.7. The third-order valence-electron chi connectivity index (χ3n) is 13.3. The van der Waals surface area contributed by atoms with Gasteiger partial charge in [0, 0.05) is 88.2 Å². The Morgan fingerprint density at radius 1 is 0.500 bits per heavy atom. The van der Waals surface area contributed by atoms with E-state index in [-0.39, 0.29) is 24.6 Å². The highest BCUT2D eigenvalue weighted by molar-refractivity contribution is 5.91. The van der Waals surface area contributed by atoms with Crippen LogP contribution in [0.15, 0.2) is 110 Å². The number of hydrogen-bond donors (Lipinski definition) is 4. The van der Waals surface area contributed by atoms with Crippen molar-refractivity contribution in [1.82, 2.24) is 39.0 Å². The maximum Gasteiger partial charge on any atom is 0.323 e. The Balaban J connectivity index is 0.000000152. The van der Waals surface area contributed by atoms with Crippen LogP contribution in [0.25, 0.3) is 22.3 Å². The number of carboxylic acids is 1. The number of amides is 1. The summed E-state index contributed by atoms with van der Waals surface area (Å²) in [4.78, 5) is 65.0. The normalized spacial score (nSPS) is 15.6. The van der Waals surface area contributed by atoms with Crippen LogP contribution in [0.4, 0.5) is 46.3 Å². The van der Waals surface area contributed by atoms with Gasteiger partial charge in [0.15, 0.2) is 34.0 Å². The number of anilines is 8. The highest BCUT2D eigenvalue weighted by atomic mass is 16.4. The van der Waals surface area contributed by atoms with Crippen molar-refractivity contribution in [2.24, 2.45) is 5.73 Å². The number of nitrogens with zero attached hydrogens (tertiary/aromatic N) is 14. The van der Waals surface area contributed by atoms with Crippen LogP contribution < -0.4 is 35.1 Å². The van der Waals surface area contributed by atoms with Crippen LogP contribution in [0.2, 0.25) is 0 Å². The molecular formula is C50H51N15O5. The molecule has 70 heavy (non-hydrogen) atoms. The number of carboxylic acid groups (broad SMARTS) is 1. The molecule has 4 aliphatic rings.